The summed E-state index contributed by atoms with van der Waals surface area (Å²) in [6.07, 6.45) is 9.26. The molecule has 29 heavy (non-hydrogen) atoms. The number of nitriles is 1. The molecule has 1 aromatic heterocycles. The molecule has 2 aliphatic rings. The summed E-state index contributed by atoms with van der Waals surface area (Å²) < 4.78 is 1.91. The first-order valence-corrected chi connectivity index (χ1v) is 10.2. The highest BCUT2D eigenvalue weighted by Crippen LogP contribution is 2.39. The lowest BCUT2D eigenvalue weighted by Crippen LogP contribution is -2.45. The van der Waals surface area contributed by atoms with E-state index in [1.807, 2.05) is 27.9 Å². The van der Waals surface area contributed by atoms with Gasteiger partial charge in [0, 0.05) is 48.9 Å². The quantitative estimate of drug-likeness (QED) is 0.737. The van der Waals surface area contributed by atoms with Crippen molar-refractivity contribution < 1.29 is 4.79 Å². The Morgan fingerprint density at radius 1 is 1.31 bits per heavy atom. The molecule has 1 amide bonds. The minimum absolute atomic E-state index is 0.0433. The van der Waals surface area contributed by atoms with E-state index >= 15 is 0 Å². The number of likely N-dealkylation sites (tertiary alicyclic amines) is 2. The fourth-order valence-corrected chi connectivity index (χ4v) is 4.77. The second kappa shape index (κ2) is 8.22. The molecule has 2 fully saturated rings. The molecule has 1 spiro atoms. The molecule has 150 valence electrons. The van der Waals surface area contributed by atoms with Crippen LogP contribution in [0.5, 0.6) is 0 Å². The summed E-state index contributed by atoms with van der Waals surface area (Å²) in [6, 6.07) is 9.14. The minimum atomic E-state index is 0.0433. The SMILES string of the molecule is C=CCn1cc(CN2CCC[C@]3(CCN(C(=O)c4cccc(C#N)c4)C3)C2)cn1. The van der Waals surface area contributed by atoms with Gasteiger partial charge < -0.3 is 4.90 Å². The van der Waals surface area contributed by atoms with Gasteiger partial charge in [0.05, 0.1) is 24.4 Å². The van der Waals surface area contributed by atoms with Gasteiger partial charge in [0.15, 0.2) is 0 Å². The maximum atomic E-state index is 13.0. The van der Waals surface area contributed by atoms with Crippen molar-refractivity contribution in [2.45, 2.75) is 32.4 Å². The van der Waals surface area contributed by atoms with Crippen molar-refractivity contribution >= 4 is 5.91 Å². The molecule has 0 radical (unpaired) electrons. The number of hydrogen-bond donors (Lipinski definition) is 0. The molecule has 2 aliphatic heterocycles. The summed E-state index contributed by atoms with van der Waals surface area (Å²) in [7, 11) is 0. The topological polar surface area (TPSA) is 65.2 Å². The molecule has 2 saturated heterocycles. The number of nitrogens with zero attached hydrogens (tertiary/aromatic N) is 5. The number of carbonyl (C=O) groups excluding carboxylic acids is 1. The van der Waals surface area contributed by atoms with E-state index in [1.54, 1.807) is 18.2 Å². The number of carbonyl (C=O) groups is 1. The monoisotopic (exact) mass is 389 g/mol. The number of piperidine rings is 1. The van der Waals surface area contributed by atoms with Crippen LogP contribution in [0.3, 0.4) is 0 Å². The van der Waals surface area contributed by atoms with Crippen LogP contribution in [0.1, 0.15) is 40.7 Å². The molecule has 4 rings (SSSR count). The lowest BCUT2D eigenvalue weighted by molar-refractivity contribution is 0.0675. The third-order valence-corrected chi connectivity index (χ3v) is 6.11. The zero-order valence-electron chi connectivity index (χ0n) is 16.8. The Hall–Kier alpha value is -2.91. The third-order valence-electron chi connectivity index (χ3n) is 6.11. The fourth-order valence-electron chi connectivity index (χ4n) is 4.77. The summed E-state index contributed by atoms with van der Waals surface area (Å²) >= 11 is 0. The Labute approximate surface area is 172 Å². The van der Waals surface area contributed by atoms with Crippen LogP contribution in [-0.4, -0.2) is 51.7 Å². The molecule has 0 N–H and O–H groups in total. The Balaban J connectivity index is 1.40. The van der Waals surface area contributed by atoms with E-state index in [4.69, 9.17) is 5.26 Å². The van der Waals surface area contributed by atoms with Crippen LogP contribution in [0.25, 0.3) is 0 Å². The molecule has 6 nitrogen and oxygen atoms in total. The van der Waals surface area contributed by atoms with Gasteiger partial charge in [-0.2, -0.15) is 10.4 Å². The van der Waals surface area contributed by atoms with E-state index in [0.717, 1.165) is 52.1 Å². The van der Waals surface area contributed by atoms with Gasteiger partial charge in [-0.3, -0.25) is 14.4 Å². The molecule has 0 bridgehead atoms. The highest BCUT2D eigenvalue weighted by molar-refractivity contribution is 5.94. The van der Waals surface area contributed by atoms with Gasteiger partial charge in [-0.1, -0.05) is 12.1 Å². The predicted molar refractivity (Wildman–Crippen MR) is 111 cm³/mol. The molecule has 3 heterocycles. The van der Waals surface area contributed by atoms with Gasteiger partial charge in [0.2, 0.25) is 0 Å². The van der Waals surface area contributed by atoms with E-state index < -0.39 is 0 Å². The first-order chi connectivity index (χ1) is 14.1. The average molecular weight is 390 g/mol. The van der Waals surface area contributed by atoms with Crippen LogP contribution in [0, 0.1) is 16.7 Å². The Kier molecular flexibility index (Phi) is 5.50. The molecular formula is C23H27N5O. The van der Waals surface area contributed by atoms with Crippen molar-refractivity contribution in [3.63, 3.8) is 0 Å². The Morgan fingerprint density at radius 3 is 3.03 bits per heavy atom. The number of rotatable bonds is 5. The lowest BCUT2D eigenvalue weighted by atomic mass is 9.79. The van der Waals surface area contributed by atoms with E-state index in [1.165, 1.54) is 12.0 Å². The second-order valence-corrected chi connectivity index (χ2v) is 8.34. The van der Waals surface area contributed by atoms with Gasteiger partial charge in [-0.25, -0.2) is 0 Å². The van der Waals surface area contributed by atoms with Gasteiger partial charge in [-0.05, 0) is 44.0 Å². The first kappa shape index (κ1) is 19.4. The maximum Gasteiger partial charge on any atom is 0.253 e. The van der Waals surface area contributed by atoms with Gasteiger partial charge >= 0.3 is 0 Å². The molecule has 1 aromatic carbocycles. The number of amides is 1. The van der Waals surface area contributed by atoms with Crippen LogP contribution >= 0.6 is 0 Å². The summed E-state index contributed by atoms with van der Waals surface area (Å²) in [5, 5.41) is 13.5. The molecular weight excluding hydrogens is 362 g/mol. The van der Waals surface area contributed by atoms with Crippen molar-refractivity contribution in [1.29, 1.82) is 5.26 Å². The largest absolute Gasteiger partial charge is 0.338 e. The molecule has 0 aliphatic carbocycles. The van der Waals surface area contributed by atoms with Crippen LogP contribution in [-0.2, 0) is 13.1 Å². The molecule has 6 heteroatoms. The third kappa shape index (κ3) is 4.25. The fraction of sp³-hybridized carbons (Fsp3) is 0.435. The minimum Gasteiger partial charge on any atom is -0.338 e. The number of aromatic nitrogens is 2. The first-order valence-electron chi connectivity index (χ1n) is 10.2. The van der Waals surface area contributed by atoms with Gasteiger partial charge in [0.1, 0.15) is 0 Å². The van der Waals surface area contributed by atoms with Gasteiger partial charge in [0.25, 0.3) is 5.91 Å². The van der Waals surface area contributed by atoms with Crippen molar-refractivity contribution in [3.05, 3.63) is 66.0 Å². The van der Waals surface area contributed by atoms with E-state index in [-0.39, 0.29) is 11.3 Å². The molecule has 0 saturated carbocycles. The Morgan fingerprint density at radius 2 is 2.21 bits per heavy atom. The number of allylic oxidation sites excluding steroid dienone is 1. The van der Waals surface area contributed by atoms with Crippen LogP contribution in [0.15, 0.2) is 49.3 Å². The maximum absolute atomic E-state index is 13.0. The summed E-state index contributed by atoms with van der Waals surface area (Å²) in [6.45, 7) is 9.09. The lowest BCUT2D eigenvalue weighted by Gasteiger charge is -2.40. The smallest absolute Gasteiger partial charge is 0.253 e. The van der Waals surface area contributed by atoms with Crippen LogP contribution in [0.2, 0.25) is 0 Å². The summed E-state index contributed by atoms with van der Waals surface area (Å²) in [5.74, 6) is 0.0433. The molecule has 1 atom stereocenters. The predicted octanol–water partition coefficient (Wildman–Crippen LogP) is 3.07. The van der Waals surface area contributed by atoms with Gasteiger partial charge in [-0.15, -0.1) is 6.58 Å². The highest BCUT2D eigenvalue weighted by atomic mass is 16.2. The van der Waals surface area contributed by atoms with E-state index in [9.17, 15) is 4.79 Å². The van der Waals surface area contributed by atoms with E-state index in [0.29, 0.717) is 11.1 Å². The van der Waals surface area contributed by atoms with Crippen molar-refractivity contribution in [2.75, 3.05) is 26.2 Å². The zero-order chi connectivity index (χ0) is 20.3. The van der Waals surface area contributed by atoms with Crippen molar-refractivity contribution in [1.82, 2.24) is 19.6 Å². The Bertz CT molecular complexity index is 943. The van der Waals surface area contributed by atoms with Crippen molar-refractivity contribution in [3.8, 4) is 6.07 Å². The molecule has 2 aromatic rings. The van der Waals surface area contributed by atoms with Crippen LogP contribution in [0.4, 0.5) is 0 Å². The highest BCUT2D eigenvalue weighted by Gasteiger charge is 2.42. The molecule has 0 unspecified atom stereocenters. The summed E-state index contributed by atoms with van der Waals surface area (Å²) in [5.41, 5.74) is 2.55. The average Bonchev–Trinajstić information content (AvgIpc) is 3.35. The van der Waals surface area contributed by atoms with E-state index in [2.05, 4.69) is 28.8 Å². The van der Waals surface area contributed by atoms with Crippen molar-refractivity contribution in [2.24, 2.45) is 5.41 Å². The van der Waals surface area contributed by atoms with Crippen LogP contribution < -0.4 is 0 Å². The normalized spacial score (nSPS) is 22.0. The number of hydrogen-bond acceptors (Lipinski definition) is 4. The standard InChI is InChI=1S/C23H27N5O/c1-2-9-28-16-20(14-25-28)15-26-10-4-7-23(17-26)8-11-27(18-23)22(29)21-6-3-5-19(12-21)13-24/h2-3,5-6,12,14,16H,1,4,7-11,15,17-18H2/t23-/m0/s1. The zero-order valence-corrected chi connectivity index (χ0v) is 16.8. The second-order valence-electron chi connectivity index (χ2n) is 8.34. The number of benzene rings is 1. The summed E-state index contributed by atoms with van der Waals surface area (Å²) in [4.78, 5) is 17.4.